The van der Waals surface area contributed by atoms with Crippen LogP contribution in [0.15, 0.2) is 48.5 Å². The molecule has 1 saturated carbocycles. The molecule has 0 aromatic heterocycles. The highest BCUT2D eigenvalue weighted by molar-refractivity contribution is 5.89. The van der Waals surface area contributed by atoms with Crippen LogP contribution in [-0.4, -0.2) is 23.1 Å². The third kappa shape index (κ3) is 5.49. The van der Waals surface area contributed by atoms with Crippen LogP contribution in [0.2, 0.25) is 0 Å². The molecule has 1 aliphatic carbocycles. The highest BCUT2D eigenvalue weighted by atomic mass is 19.4. The maximum atomic E-state index is 12.6. The Bertz CT molecular complexity index is 856. The second-order valence-electron chi connectivity index (χ2n) is 7.15. The molecule has 0 heterocycles. The lowest BCUT2D eigenvalue weighted by molar-refractivity contribution is -0.137. The van der Waals surface area contributed by atoms with Crippen LogP contribution < -0.4 is 10.6 Å². The van der Waals surface area contributed by atoms with Gasteiger partial charge in [-0.2, -0.15) is 13.2 Å². The van der Waals surface area contributed by atoms with E-state index >= 15 is 0 Å². The van der Waals surface area contributed by atoms with Gasteiger partial charge in [-0.1, -0.05) is 12.1 Å². The summed E-state index contributed by atoms with van der Waals surface area (Å²) in [7, 11) is 0. The van der Waals surface area contributed by atoms with Crippen LogP contribution in [0.3, 0.4) is 0 Å². The first-order valence-electron chi connectivity index (χ1n) is 9.30. The van der Waals surface area contributed by atoms with Gasteiger partial charge in [0.25, 0.3) is 0 Å². The Hall–Kier alpha value is -3.03. The zero-order chi connectivity index (χ0) is 21.0. The van der Waals surface area contributed by atoms with Crippen molar-refractivity contribution in [2.45, 2.75) is 43.8 Å². The molecule has 3 N–H and O–H groups in total. The van der Waals surface area contributed by atoms with Crippen molar-refractivity contribution in [3.05, 3.63) is 65.2 Å². The summed E-state index contributed by atoms with van der Waals surface area (Å²) in [6.07, 6.45) is -1.15. The number of carboxylic acid groups (broad SMARTS) is 1. The molecule has 0 atom stereocenters. The molecule has 29 heavy (non-hydrogen) atoms. The zero-order valence-electron chi connectivity index (χ0n) is 15.5. The summed E-state index contributed by atoms with van der Waals surface area (Å²) in [6, 6.07) is 10.7. The van der Waals surface area contributed by atoms with Crippen molar-refractivity contribution in [1.29, 1.82) is 0 Å². The van der Waals surface area contributed by atoms with Gasteiger partial charge in [0.1, 0.15) is 0 Å². The van der Waals surface area contributed by atoms with Gasteiger partial charge in [-0.05, 0) is 73.6 Å². The molecule has 2 amide bonds. The number of rotatable bonds is 4. The summed E-state index contributed by atoms with van der Waals surface area (Å²) in [5, 5.41) is 14.4. The normalized spacial score (nSPS) is 19.4. The van der Waals surface area contributed by atoms with Crippen molar-refractivity contribution in [3.8, 4) is 0 Å². The van der Waals surface area contributed by atoms with Gasteiger partial charge in [0.2, 0.25) is 0 Å². The van der Waals surface area contributed by atoms with Gasteiger partial charge in [-0.25, -0.2) is 9.59 Å². The largest absolute Gasteiger partial charge is 0.478 e. The van der Waals surface area contributed by atoms with Crippen molar-refractivity contribution >= 4 is 17.7 Å². The molecule has 0 aliphatic heterocycles. The summed E-state index contributed by atoms with van der Waals surface area (Å²) in [6.45, 7) is 0. The Balaban J connectivity index is 1.47. The summed E-state index contributed by atoms with van der Waals surface area (Å²) in [5.41, 5.74) is 0.868. The molecule has 5 nitrogen and oxygen atoms in total. The molecule has 0 radical (unpaired) electrons. The van der Waals surface area contributed by atoms with E-state index in [0.717, 1.165) is 43.4 Å². The van der Waals surface area contributed by atoms with Crippen molar-refractivity contribution in [3.63, 3.8) is 0 Å². The summed E-state index contributed by atoms with van der Waals surface area (Å²) >= 11 is 0. The molecule has 1 aliphatic rings. The van der Waals surface area contributed by atoms with Crippen LogP contribution in [0.25, 0.3) is 0 Å². The Labute approximate surface area is 165 Å². The topological polar surface area (TPSA) is 78.4 Å². The van der Waals surface area contributed by atoms with Gasteiger partial charge in [0.15, 0.2) is 0 Å². The van der Waals surface area contributed by atoms with E-state index in [9.17, 15) is 22.8 Å². The van der Waals surface area contributed by atoms with Crippen LogP contribution in [0.4, 0.5) is 23.7 Å². The van der Waals surface area contributed by atoms with Crippen molar-refractivity contribution in [2.75, 3.05) is 5.32 Å². The second-order valence-corrected chi connectivity index (χ2v) is 7.15. The van der Waals surface area contributed by atoms with E-state index in [0.29, 0.717) is 11.6 Å². The number of benzene rings is 2. The van der Waals surface area contributed by atoms with Gasteiger partial charge >= 0.3 is 18.2 Å². The zero-order valence-corrected chi connectivity index (χ0v) is 15.5. The van der Waals surface area contributed by atoms with Crippen LogP contribution >= 0.6 is 0 Å². The number of nitrogens with one attached hydrogen (secondary N) is 2. The van der Waals surface area contributed by atoms with Crippen LogP contribution in [0.1, 0.15) is 53.1 Å². The minimum atomic E-state index is -4.41. The van der Waals surface area contributed by atoms with Crippen LogP contribution in [-0.2, 0) is 6.18 Å². The first-order chi connectivity index (χ1) is 13.7. The maximum Gasteiger partial charge on any atom is 0.416 e. The quantitative estimate of drug-likeness (QED) is 0.649. The standard InChI is InChI=1S/C21H21F3N2O3/c22-21(23,24)16-7-11-18(12-8-16)26-20(29)25-17-9-5-14(6-10-17)13-1-3-15(4-2-13)19(27)28/h1-4,7-8,11-12,14,17H,5-6,9-10H2,(H,27,28)(H2,25,26,29). The van der Waals surface area contributed by atoms with Gasteiger partial charge in [-0.3, -0.25) is 0 Å². The van der Waals surface area contributed by atoms with E-state index in [1.165, 1.54) is 12.1 Å². The number of hydrogen-bond donors (Lipinski definition) is 3. The SMILES string of the molecule is O=C(Nc1ccc(C(F)(F)F)cc1)NC1CCC(c2ccc(C(=O)O)cc2)CC1. The fraction of sp³-hybridized carbons (Fsp3) is 0.333. The minimum Gasteiger partial charge on any atom is -0.478 e. The number of hydrogen-bond acceptors (Lipinski definition) is 2. The number of halogens is 3. The summed E-state index contributed by atoms with van der Waals surface area (Å²) < 4.78 is 37.7. The van der Waals surface area contributed by atoms with Crippen molar-refractivity contribution < 1.29 is 27.9 Å². The summed E-state index contributed by atoms with van der Waals surface area (Å²) in [4.78, 5) is 23.0. The summed E-state index contributed by atoms with van der Waals surface area (Å²) in [5.74, 6) is -0.641. The number of carbonyl (C=O) groups is 2. The number of urea groups is 1. The van der Waals surface area contributed by atoms with E-state index in [4.69, 9.17) is 5.11 Å². The number of anilines is 1. The Morgan fingerprint density at radius 3 is 2.00 bits per heavy atom. The molecule has 2 aromatic carbocycles. The Morgan fingerprint density at radius 2 is 1.48 bits per heavy atom. The molecule has 0 spiro atoms. The number of amides is 2. The average molecular weight is 406 g/mol. The lowest BCUT2D eigenvalue weighted by Gasteiger charge is -2.29. The third-order valence-electron chi connectivity index (χ3n) is 5.16. The Kier molecular flexibility index (Phi) is 6.10. The monoisotopic (exact) mass is 406 g/mol. The molecule has 2 aromatic rings. The second kappa shape index (κ2) is 8.55. The first-order valence-corrected chi connectivity index (χ1v) is 9.30. The van der Waals surface area contributed by atoms with Gasteiger partial charge in [0.05, 0.1) is 11.1 Å². The molecule has 154 valence electrons. The lowest BCUT2D eigenvalue weighted by atomic mass is 9.81. The molecule has 0 unspecified atom stereocenters. The average Bonchev–Trinajstić information content (AvgIpc) is 2.68. The van der Waals surface area contributed by atoms with E-state index in [-0.39, 0.29) is 11.6 Å². The number of carboxylic acids is 1. The fourth-order valence-corrected chi connectivity index (χ4v) is 3.56. The highest BCUT2D eigenvalue weighted by Gasteiger charge is 2.30. The van der Waals surface area contributed by atoms with E-state index in [1.54, 1.807) is 12.1 Å². The number of aromatic carboxylic acids is 1. The minimum absolute atomic E-state index is 0.0148. The molecule has 8 heteroatoms. The van der Waals surface area contributed by atoms with Gasteiger partial charge < -0.3 is 15.7 Å². The van der Waals surface area contributed by atoms with Crippen molar-refractivity contribution in [1.82, 2.24) is 5.32 Å². The fourth-order valence-electron chi connectivity index (χ4n) is 3.56. The van der Waals surface area contributed by atoms with E-state index < -0.39 is 23.7 Å². The molecule has 0 saturated heterocycles. The molecular weight excluding hydrogens is 385 g/mol. The molecule has 1 fully saturated rings. The Morgan fingerprint density at radius 1 is 0.897 bits per heavy atom. The number of alkyl halides is 3. The maximum absolute atomic E-state index is 12.6. The van der Waals surface area contributed by atoms with Crippen LogP contribution in [0, 0.1) is 0 Å². The predicted octanol–water partition coefficient (Wildman–Crippen LogP) is 5.25. The smallest absolute Gasteiger partial charge is 0.416 e. The molecule has 0 bridgehead atoms. The van der Waals surface area contributed by atoms with E-state index in [1.807, 2.05) is 12.1 Å². The van der Waals surface area contributed by atoms with Crippen molar-refractivity contribution in [2.24, 2.45) is 0 Å². The molecular formula is C21H21F3N2O3. The van der Waals surface area contributed by atoms with Gasteiger partial charge in [0, 0.05) is 11.7 Å². The van der Waals surface area contributed by atoms with Crippen LogP contribution in [0.5, 0.6) is 0 Å². The van der Waals surface area contributed by atoms with E-state index in [2.05, 4.69) is 10.6 Å². The highest BCUT2D eigenvalue weighted by Crippen LogP contribution is 2.33. The lowest BCUT2D eigenvalue weighted by Crippen LogP contribution is -2.39. The first kappa shape index (κ1) is 20.7. The predicted molar refractivity (Wildman–Crippen MR) is 102 cm³/mol. The number of carbonyl (C=O) groups excluding carboxylic acids is 1. The van der Waals surface area contributed by atoms with Gasteiger partial charge in [-0.15, -0.1) is 0 Å². The molecule has 3 rings (SSSR count). The third-order valence-corrected chi connectivity index (χ3v) is 5.16.